The summed E-state index contributed by atoms with van der Waals surface area (Å²) in [6.45, 7) is 1.06. The van der Waals surface area contributed by atoms with Crippen LogP contribution in [0.15, 0.2) is 24.3 Å². The third-order valence-electron chi connectivity index (χ3n) is 3.39. The van der Waals surface area contributed by atoms with Gasteiger partial charge in [0.15, 0.2) is 0 Å². The number of hydrogen-bond donors (Lipinski definition) is 2. The molecular formula is C12H15N3O4. The van der Waals surface area contributed by atoms with Gasteiger partial charge in [-0.2, -0.15) is 0 Å². The van der Waals surface area contributed by atoms with Gasteiger partial charge in [-0.05, 0) is 6.42 Å². The molecule has 3 N–H and O–H groups in total. The number of hydrogen-bond acceptors (Lipinski definition) is 5. The molecular weight excluding hydrogens is 250 g/mol. The molecule has 1 saturated heterocycles. The summed E-state index contributed by atoms with van der Waals surface area (Å²) in [6, 6.07) is 6.45. The number of carbonyl (C=O) groups is 1. The van der Waals surface area contributed by atoms with E-state index in [0.29, 0.717) is 25.1 Å². The number of para-hydroxylation sites is 1. The van der Waals surface area contributed by atoms with Crippen molar-refractivity contribution < 1.29 is 14.8 Å². The lowest BCUT2D eigenvalue weighted by atomic mass is 10.0. The van der Waals surface area contributed by atoms with Crippen LogP contribution in [0.4, 0.5) is 5.69 Å². The van der Waals surface area contributed by atoms with Crippen LogP contribution < -0.4 is 5.73 Å². The largest absolute Gasteiger partial charge is 0.480 e. The van der Waals surface area contributed by atoms with Crippen LogP contribution in [0.2, 0.25) is 0 Å². The summed E-state index contributed by atoms with van der Waals surface area (Å²) in [5.74, 6) is -1.03. The lowest BCUT2D eigenvalue weighted by Gasteiger charge is -2.19. The number of nitro groups is 1. The highest BCUT2D eigenvalue weighted by Gasteiger charge is 2.41. The van der Waals surface area contributed by atoms with Crippen LogP contribution in [-0.2, 0) is 11.3 Å². The molecule has 1 aromatic rings. The van der Waals surface area contributed by atoms with Crippen LogP contribution in [0.3, 0.4) is 0 Å². The number of likely N-dealkylation sites (tertiary alicyclic amines) is 1. The average molecular weight is 265 g/mol. The highest BCUT2D eigenvalue weighted by molar-refractivity contribution is 5.79. The van der Waals surface area contributed by atoms with Crippen LogP contribution in [0.5, 0.6) is 0 Å². The van der Waals surface area contributed by atoms with Gasteiger partial charge in [-0.25, -0.2) is 0 Å². The lowest BCUT2D eigenvalue weighted by molar-refractivity contribution is -0.385. The molecule has 1 unspecified atom stereocenters. The molecule has 1 atom stereocenters. The van der Waals surface area contributed by atoms with E-state index < -0.39 is 16.4 Å². The number of carboxylic acid groups (broad SMARTS) is 1. The zero-order valence-electron chi connectivity index (χ0n) is 10.3. The zero-order chi connectivity index (χ0) is 14.0. The molecule has 0 amide bonds. The number of carboxylic acids is 1. The third kappa shape index (κ3) is 2.72. The highest BCUT2D eigenvalue weighted by Crippen LogP contribution is 2.24. The molecule has 102 valence electrons. The molecule has 0 aromatic heterocycles. The number of benzene rings is 1. The summed E-state index contributed by atoms with van der Waals surface area (Å²) in [5.41, 5.74) is 5.14. The van der Waals surface area contributed by atoms with Crippen LogP contribution in [0.1, 0.15) is 12.0 Å². The maximum atomic E-state index is 11.0. The van der Waals surface area contributed by atoms with Crippen LogP contribution in [-0.4, -0.2) is 39.5 Å². The fourth-order valence-corrected chi connectivity index (χ4v) is 2.29. The second kappa shape index (κ2) is 4.94. The molecule has 19 heavy (non-hydrogen) atoms. The maximum Gasteiger partial charge on any atom is 0.325 e. The minimum Gasteiger partial charge on any atom is -0.480 e. The van der Waals surface area contributed by atoms with Crippen molar-refractivity contribution in [3.8, 4) is 0 Å². The number of nitrogens with zero attached hydrogens (tertiary/aromatic N) is 2. The Morgan fingerprint density at radius 1 is 1.53 bits per heavy atom. The lowest BCUT2D eigenvalue weighted by Crippen LogP contribution is -2.50. The summed E-state index contributed by atoms with van der Waals surface area (Å²) in [5, 5.41) is 19.9. The normalized spacial score (nSPS) is 23.4. The Morgan fingerprint density at radius 3 is 2.79 bits per heavy atom. The summed E-state index contributed by atoms with van der Waals surface area (Å²) >= 11 is 0. The standard InChI is InChI=1S/C12H15N3O4/c13-12(11(16)17)5-6-14(8-12)7-9-3-1-2-4-10(9)15(18)19/h1-4H,5-8,13H2,(H,16,17). The number of nitro benzene ring substituents is 1. The van der Waals surface area contributed by atoms with Gasteiger partial charge in [0.05, 0.1) is 4.92 Å². The molecule has 7 nitrogen and oxygen atoms in total. The van der Waals surface area contributed by atoms with Crippen LogP contribution in [0, 0.1) is 10.1 Å². The Kier molecular flexibility index (Phi) is 3.50. The van der Waals surface area contributed by atoms with Gasteiger partial charge in [0.2, 0.25) is 0 Å². The van der Waals surface area contributed by atoms with Crippen molar-refractivity contribution in [3.05, 3.63) is 39.9 Å². The van der Waals surface area contributed by atoms with E-state index in [1.54, 1.807) is 18.2 Å². The van der Waals surface area contributed by atoms with Crippen LogP contribution in [0.25, 0.3) is 0 Å². The minimum absolute atomic E-state index is 0.0485. The van der Waals surface area contributed by atoms with Crippen molar-refractivity contribution in [2.24, 2.45) is 5.73 Å². The topological polar surface area (TPSA) is 110 Å². The van der Waals surface area contributed by atoms with E-state index in [9.17, 15) is 14.9 Å². The van der Waals surface area contributed by atoms with E-state index in [4.69, 9.17) is 10.8 Å². The summed E-state index contributed by atoms with van der Waals surface area (Å²) in [4.78, 5) is 23.3. The van der Waals surface area contributed by atoms with E-state index in [1.165, 1.54) is 6.07 Å². The first-order valence-corrected chi connectivity index (χ1v) is 5.89. The number of nitrogens with two attached hydrogens (primary N) is 1. The van der Waals surface area contributed by atoms with E-state index in [-0.39, 0.29) is 12.2 Å². The maximum absolute atomic E-state index is 11.0. The third-order valence-corrected chi connectivity index (χ3v) is 3.39. The minimum atomic E-state index is -1.25. The van der Waals surface area contributed by atoms with E-state index in [0.717, 1.165) is 0 Å². The first-order chi connectivity index (χ1) is 8.92. The van der Waals surface area contributed by atoms with Gasteiger partial charge in [-0.3, -0.25) is 19.8 Å². The van der Waals surface area contributed by atoms with Crippen molar-refractivity contribution >= 4 is 11.7 Å². The Bertz CT molecular complexity index is 519. The molecule has 1 aromatic carbocycles. The fraction of sp³-hybridized carbons (Fsp3) is 0.417. The second-order valence-corrected chi connectivity index (χ2v) is 4.81. The zero-order valence-corrected chi connectivity index (χ0v) is 10.3. The van der Waals surface area contributed by atoms with E-state index in [1.807, 2.05) is 4.90 Å². The molecule has 1 aliphatic heterocycles. The molecule has 1 heterocycles. The van der Waals surface area contributed by atoms with Crippen molar-refractivity contribution in [1.29, 1.82) is 0 Å². The molecule has 0 radical (unpaired) electrons. The molecule has 0 bridgehead atoms. The smallest absolute Gasteiger partial charge is 0.325 e. The number of rotatable bonds is 4. The molecule has 0 spiro atoms. The molecule has 0 aliphatic carbocycles. The van der Waals surface area contributed by atoms with Crippen molar-refractivity contribution in [3.63, 3.8) is 0 Å². The van der Waals surface area contributed by atoms with Gasteiger partial charge in [-0.15, -0.1) is 0 Å². The first kappa shape index (κ1) is 13.4. The predicted molar refractivity (Wildman–Crippen MR) is 67.5 cm³/mol. The van der Waals surface area contributed by atoms with Gasteiger partial charge < -0.3 is 10.8 Å². The molecule has 7 heteroatoms. The van der Waals surface area contributed by atoms with E-state index >= 15 is 0 Å². The Balaban J connectivity index is 2.12. The molecule has 1 aliphatic rings. The molecule has 1 fully saturated rings. The Morgan fingerprint density at radius 2 is 2.21 bits per heavy atom. The van der Waals surface area contributed by atoms with Gasteiger partial charge in [0.25, 0.3) is 5.69 Å². The molecule has 2 rings (SSSR count). The van der Waals surface area contributed by atoms with Gasteiger partial charge in [0, 0.05) is 31.3 Å². The first-order valence-electron chi connectivity index (χ1n) is 5.89. The Labute approximate surface area is 109 Å². The summed E-state index contributed by atoms with van der Waals surface area (Å²) in [6.07, 6.45) is 0.350. The van der Waals surface area contributed by atoms with Gasteiger partial charge >= 0.3 is 5.97 Å². The second-order valence-electron chi connectivity index (χ2n) is 4.81. The molecule has 0 saturated carbocycles. The monoisotopic (exact) mass is 265 g/mol. The highest BCUT2D eigenvalue weighted by atomic mass is 16.6. The Hall–Kier alpha value is -1.99. The number of aliphatic carboxylic acids is 1. The quantitative estimate of drug-likeness (QED) is 0.608. The van der Waals surface area contributed by atoms with Gasteiger partial charge in [0.1, 0.15) is 5.54 Å². The predicted octanol–water partition coefficient (Wildman–Crippen LogP) is 0.583. The van der Waals surface area contributed by atoms with Crippen LogP contribution >= 0.6 is 0 Å². The van der Waals surface area contributed by atoms with Gasteiger partial charge in [-0.1, -0.05) is 18.2 Å². The SMILES string of the molecule is NC1(C(=O)O)CCN(Cc2ccccc2[N+](=O)[O-])C1. The van der Waals surface area contributed by atoms with Crippen molar-refractivity contribution in [1.82, 2.24) is 4.90 Å². The average Bonchev–Trinajstić information content (AvgIpc) is 2.73. The van der Waals surface area contributed by atoms with E-state index in [2.05, 4.69) is 0 Å². The van der Waals surface area contributed by atoms with Crippen molar-refractivity contribution in [2.45, 2.75) is 18.5 Å². The van der Waals surface area contributed by atoms with Crippen molar-refractivity contribution in [2.75, 3.05) is 13.1 Å². The fourth-order valence-electron chi connectivity index (χ4n) is 2.29. The summed E-state index contributed by atoms with van der Waals surface area (Å²) < 4.78 is 0. The summed E-state index contributed by atoms with van der Waals surface area (Å²) in [7, 11) is 0.